The van der Waals surface area contributed by atoms with Crippen molar-refractivity contribution in [3.05, 3.63) is 29.3 Å². The zero-order valence-electron chi connectivity index (χ0n) is 11.5. The molecule has 0 saturated carbocycles. The van der Waals surface area contributed by atoms with Gasteiger partial charge in [-0.25, -0.2) is 0 Å². The fourth-order valence-electron chi connectivity index (χ4n) is 2.28. The number of amides is 1. The summed E-state index contributed by atoms with van der Waals surface area (Å²) in [5, 5.41) is 12.6. The second-order valence-corrected chi connectivity index (χ2v) is 5.11. The summed E-state index contributed by atoms with van der Waals surface area (Å²) in [6.45, 7) is 4.39. The Labute approximate surface area is 113 Å². The van der Waals surface area contributed by atoms with Crippen molar-refractivity contribution in [2.45, 2.75) is 45.3 Å². The molecule has 19 heavy (non-hydrogen) atoms. The number of aryl methyl sites for hydroxylation is 1. The highest BCUT2D eigenvalue weighted by Crippen LogP contribution is 2.28. The lowest BCUT2D eigenvalue weighted by Gasteiger charge is -2.19. The lowest BCUT2D eigenvalue weighted by molar-refractivity contribution is -0.127. The quantitative estimate of drug-likeness (QED) is 0.878. The number of benzene rings is 1. The molecule has 2 N–H and O–H groups in total. The van der Waals surface area contributed by atoms with Gasteiger partial charge in [0, 0.05) is 12.1 Å². The van der Waals surface area contributed by atoms with Crippen molar-refractivity contribution in [2.75, 3.05) is 6.54 Å². The van der Waals surface area contributed by atoms with Gasteiger partial charge < -0.3 is 15.2 Å². The van der Waals surface area contributed by atoms with E-state index in [0.717, 1.165) is 36.9 Å². The maximum atomic E-state index is 11.9. The summed E-state index contributed by atoms with van der Waals surface area (Å²) in [5.41, 5.74) is 1.80. The van der Waals surface area contributed by atoms with E-state index >= 15 is 0 Å². The smallest absolute Gasteiger partial charge is 0.261 e. The molecule has 0 radical (unpaired) electrons. The maximum Gasteiger partial charge on any atom is 0.261 e. The maximum absolute atomic E-state index is 11.9. The Morgan fingerprint density at radius 1 is 1.42 bits per heavy atom. The van der Waals surface area contributed by atoms with Gasteiger partial charge in [0.15, 0.2) is 6.10 Å². The van der Waals surface area contributed by atoms with Crippen LogP contribution in [0.15, 0.2) is 18.2 Å². The molecule has 4 nitrogen and oxygen atoms in total. The second kappa shape index (κ2) is 6.06. The van der Waals surface area contributed by atoms with E-state index < -0.39 is 12.2 Å². The first-order chi connectivity index (χ1) is 9.08. The van der Waals surface area contributed by atoms with Crippen molar-refractivity contribution in [1.82, 2.24) is 5.32 Å². The van der Waals surface area contributed by atoms with E-state index in [9.17, 15) is 9.90 Å². The number of ether oxygens (including phenoxy) is 1. The topological polar surface area (TPSA) is 58.6 Å². The van der Waals surface area contributed by atoms with E-state index in [1.807, 2.05) is 25.1 Å². The number of aliphatic hydroxyl groups is 1. The summed E-state index contributed by atoms with van der Waals surface area (Å²) in [6, 6.07) is 5.65. The molecule has 1 aromatic rings. The van der Waals surface area contributed by atoms with Gasteiger partial charge in [-0.2, -0.15) is 0 Å². The average Bonchev–Trinajstić information content (AvgIpc) is 2.57. The summed E-state index contributed by atoms with van der Waals surface area (Å²) >= 11 is 0. The fraction of sp³-hybridized carbons (Fsp3) is 0.533. The van der Waals surface area contributed by atoms with Crippen LogP contribution in [0.5, 0.6) is 5.75 Å². The fourth-order valence-corrected chi connectivity index (χ4v) is 2.28. The molecule has 0 aromatic heterocycles. The molecule has 0 spiro atoms. The zero-order valence-corrected chi connectivity index (χ0v) is 11.5. The van der Waals surface area contributed by atoms with Crippen LogP contribution >= 0.6 is 0 Å². The number of carbonyl (C=O) groups excluding carboxylic acids is 1. The zero-order chi connectivity index (χ0) is 13.8. The van der Waals surface area contributed by atoms with Crippen LogP contribution in [0.4, 0.5) is 0 Å². The molecule has 1 fully saturated rings. The Morgan fingerprint density at radius 3 is 2.95 bits per heavy atom. The van der Waals surface area contributed by atoms with Crippen molar-refractivity contribution in [1.29, 1.82) is 0 Å². The van der Waals surface area contributed by atoms with Crippen LogP contribution in [0, 0.1) is 6.92 Å². The summed E-state index contributed by atoms with van der Waals surface area (Å²) in [4.78, 5) is 11.9. The molecule has 0 bridgehead atoms. The molecule has 2 rings (SSSR count). The molecule has 4 heteroatoms. The molecule has 1 aliphatic rings. The third-order valence-electron chi connectivity index (χ3n) is 3.37. The number of nitrogens with one attached hydrogen (secondary N) is 1. The van der Waals surface area contributed by atoms with Gasteiger partial charge in [-0.3, -0.25) is 4.79 Å². The van der Waals surface area contributed by atoms with Crippen molar-refractivity contribution in [3.8, 4) is 5.75 Å². The van der Waals surface area contributed by atoms with Crippen LogP contribution in [0.3, 0.4) is 0 Å². The molecule has 1 saturated heterocycles. The highest BCUT2D eigenvalue weighted by atomic mass is 16.5. The Kier molecular flexibility index (Phi) is 4.43. The molecule has 1 amide bonds. The van der Waals surface area contributed by atoms with Gasteiger partial charge in [-0.05, 0) is 45.2 Å². The van der Waals surface area contributed by atoms with Gasteiger partial charge in [-0.1, -0.05) is 11.6 Å². The minimum Gasteiger partial charge on any atom is -0.480 e. The van der Waals surface area contributed by atoms with Crippen molar-refractivity contribution in [2.24, 2.45) is 0 Å². The molecule has 1 aliphatic heterocycles. The van der Waals surface area contributed by atoms with Crippen molar-refractivity contribution in [3.63, 3.8) is 0 Å². The van der Waals surface area contributed by atoms with E-state index in [0.29, 0.717) is 5.75 Å². The van der Waals surface area contributed by atoms with Crippen LogP contribution in [-0.2, 0) is 4.79 Å². The first kappa shape index (κ1) is 13.9. The normalized spacial score (nSPS) is 21.4. The SMILES string of the molecule is Cc1ccc(OC2CCCCNC2=O)c([C@@H](C)O)c1. The Bertz CT molecular complexity index is 457. The highest BCUT2D eigenvalue weighted by Gasteiger charge is 2.23. The van der Waals surface area contributed by atoms with Crippen LogP contribution in [0.25, 0.3) is 0 Å². The predicted molar refractivity (Wildman–Crippen MR) is 73.1 cm³/mol. The van der Waals surface area contributed by atoms with Gasteiger partial charge in [0.1, 0.15) is 5.75 Å². The molecule has 1 heterocycles. The molecular formula is C15H21NO3. The second-order valence-electron chi connectivity index (χ2n) is 5.11. The number of hydrogen-bond donors (Lipinski definition) is 2. The van der Waals surface area contributed by atoms with Gasteiger partial charge >= 0.3 is 0 Å². The molecule has 1 aromatic carbocycles. The minimum absolute atomic E-state index is 0.0605. The van der Waals surface area contributed by atoms with Crippen molar-refractivity contribution < 1.29 is 14.6 Å². The number of aliphatic hydroxyl groups excluding tert-OH is 1. The number of carbonyl (C=O) groups is 1. The standard InChI is InChI=1S/C15H21NO3/c1-10-6-7-13(12(9-10)11(2)17)19-14-5-3-4-8-16-15(14)18/h6-7,9,11,14,17H,3-5,8H2,1-2H3,(H,16,18)/t11-,14?/m1/s1. The van der Waals surface area contributed by atoms with E-state index in [-0.39, 0.29) is 5.91 Å². The van der Waals surface area contributed by atoms with Crippen molar-refractivity contribution >= 4 is 5.91 Å². The van der Waals surface area contributed by atoms with Gasteiger partial charge in [-0.15, -0.1) is 0 Å². The molecule has 0 aliphatic carbocycles. The van der Waals surface area contributed by atoms with E-state index in [4.69, 9.17) is 4.74 Å². The summed E-state index contributed by atoms with van der Waals surface area (Å²) in [5.74, 6) is 0.539. The van der Waals surface area contributed by atoms with Gasteiger partial charge in [0.2, 0.25) is 0 Å². The molecule has 1 unspecified atom stereocenters. The van der Waals surface area contributed by atoms with Crippen LogP contribution in [-0.4, -0.2) is 23.7 Å². The average molecular weight is 263 g/mol. The summed E-state index contributed by atoms with van der Waals surface area (Å²) in [7, 11) is 0. The first-order valence-electron chi connectivity index (χ1n) is 6.81. The lowest BCUT2D eigenvalue weighted by Crippen LogP contribution is -2.36. The predicted octanol–water partition coefficient (Wildman–Crippen LogP) is 2.10. The number of hydrogen-bond acceptors (Lipinski definition) is 3. The third kappa shape index (κ3) is 3.47. The molecule has 2 atom stereocenters. The third-order valence-corrected chi connectivity index (χ3v) is 3.37. The van der Waals surface area contributed by atoms with Gasteiger partial charge in [0.25, 0.3) is 5.91 Å². The summed E-state index contributed by atoms with van der Waals surface area (Å²) < 4.78 is 5.82. The monoisotopic (exact) mass is 263 g/mol. The largest absolute Gasteiger partial charge is 0.480 e. The Balaban J connectivity index is 2.19. The first-order valence-corrected chi connectivity index (χ1v) is 6.81. The van der Waals surface area contributed by atoms with E-state index in [1.54, 1.807) is 6.92 Å². The lowest BCUT2D eigenvalue weighted by atomic mass is 10.1. The molecular weight excluding hydrogens is 242 g/mol. The van der Waals surface area contributed by atoms with Crippen LogP contribution in [0.2, 0.25) is 0 Å². The van der Waals surface area contributed by atoms with E-state index in [2.05, 4.69) is 5.32 Å². The van der Waals surface area contributed by atoms with Crippen LogP contribution in [0.1, 0.15) is 43.4 Å². The van der Waals surface area contributed by atoms with Gasteiger partial charge in [0.05, 0.1) is 6.10 Å². The molecule has 104 valence electrons. The Hall–Kier alpha value is -1.55. The highest BCUT2D eigenvalue weighted by molar-refractivity contribution is 5.81. The minimum atomic E-state index is -0.608. The van der Waals surface area contributed by atoms with Crippen LogP contribution < -0.4 is 10.1 Å². The van der Waals surface area contributed by atoms with E-state index in [1.165, 1.54) is 0 Å². The number of rotatable bonds is 3. The Morgan fingerprint density at radius 2 is 2.21 bits per heavy atom. The summed E-state index contributed by atoms with van der Waals surface area (Å²) in [6.07, 6.45) is 1.62.